The molecule has 3 nitrogen and oxygen atoms in total. The maximum absolute atomic E-state index is 13.2. The maximum Gasteiger partial charge on any atom is 0.353 e. The molecule has 1 rings (SSSR count). The topological polar surface area (TPSA) is 52.3 Å². The molecule has 0 amide bonds. The van der Waals surface area contributed by atoms with Gasteiger partial charge in [-0.05, 0) is 39.7 Å². The third-order valence-corrected chi connectivity index (χ3v) is 2.71. The van der Waals surface area contributed by atoms with Crippen molar-refractivity contribution < 1.29 is 13.9 Å². The Labute approximate surface area is 105 Å². The average molecular weight is 309 g/mol. The average Bonchev–Trinajstić information content (AvgIpc) is 2.24. The van der Waals surface area contributed by atoms with Crippen LogP contribution in [-0.2, 0) is 9.53 Å². The molecular weight excluding hydrogens is 300 g/mol. The molecule has 0 aliphatic heterocycles. The van der Waals surface area contributed by atoms with Crippen molar-refractivity contribution in [2.45, 2.75) is 0 Å². The highest BCUT2D eigenvalue weighted by Gasteiger charge is 2.09. The Morgan fingerprint density at radius 3 is 2.81 bits per heavy atom. The molecule has 0 saturated carbocycles. The van der Waals surface area contributed by atoms with E-state index in [2.05, 4.69) is 20.7 Å². The standard InChI is InChI=1S/C10H8BrClFNO2/c1-16-10(15)9(14)3-5-2-8(13)6(11)4-7(5)12/h2-4H,14H2,1H3/b9-3-. The molecule has 0 heterocycles. The smallest absolute Gasteiger partial charge is 0.353 e. The van der Waals surface area contributed by atoms with E-state index in [9.17, 15) is 9.18 Å². The van der Waals surface area contributed by atoms with Gasteiger partial charge < -0.3 is 10.5 Å². The molecule has 0 aliphatic rings. The molecule has 0 unspecified atom stereocenters. The summed E-state index contributed by atoms with van der Waals surface area (Å²) in [6, 6.07) is 2.55. The Kier molecular flexibility index (Phi) is 4.32. The molecule has 0 radical (unpaired) electrons. The fraction of sp³-hybridized carbons (Fsp3) is 0.100. The van der Waals surface area contributed by atoms with E-state index >= 15 is 0 Å². The lowest BCUT2D eigenvalue weighted by Gasteiger charge is -2.03. The third-order valence-electron chi connectivity index (χ3n) is 1.77. The predicted octanol–water partition coefficient (Wildman–Crippen LogP) is 2.71. The summed E-state index contributed by atoms with van der Waals surface area (Å²) in [7, 11) is 1.20. The molecule has 0 bridgehead atoms. The van der Waals surface area contributed by atoms with Crippen LogP contribution >= 0.6 is 27.5 Å². The number of ether oxygens (including phenoxy) is 1. The predicted molar refractivity (Wildman–Crippen MR) is 63.3 cm³/mol. The van der Waals surface area contributed by atoms with Crippen LogP contribution in [0.25, 0.3) is 6.08 Å². The zero-order valence-electron chi connectivity index (χ0n) is 8.26. The van der Waals surface area contributed by atoms with Gasteiger partial charge in [-0.3, -0.25) is 0 Å². The molecule has 6 heteroatoms. The summed E-state index contributed by atoms with van der Waals surface area (Å²) >= 11 is 8.83. The molecule has 0 saturated heterocycles. The van der Waals surface area contributed by atoms with Crippen LogP contribution in [-0.4, -0.2) is 13.1 Å². The van der Waals surface area contributed by atoms with E-state index in [1.807, 2.05) is 0 Å². The normalized spacial score (nSPS) is 11.4. The van der Waals surface area contributed by atoms with Crippen molar-refractivity contribution in [3.05, 3.63) is 38.7 Å². The molecular formula is C10H8BrClFNO2. The molecule has 1 aromatic carbocycles. The first-order valence-corrected chi connectivity index (χ1v) is 5.33. The summed E-state index contributed by atoms with van der Waals surface area (Å²) in [5, 5.41) is 0.278. The number of carbonyl (C=O) groups excluding carboxylic acids is 1. The fourth-order valence-electron chi connectivity index (χ4n) is 0.993. The summed E-state index contributed by atoms with van der Waals surface area (Å²) in [4.78, 5) is 11.0. The van der Waals surface area contributed by atoms with Gasteiger partial charge >= 0.3 is 5.97 Å². The van der Waals surface area contributed by atoms with Gasteiger partial charge in [0.25, 0.3) is 0 Å². The first kappa shape index (κ1) is 13.0. The van der Waals surface area contributed by atoms with Crippen molar-refractivity contribution in [2.75, 3.05) is 7.11 Å². The molecule has 0 aromatic heterocycles. The van der Waals surface area contributed by atoms with Crippen LogP contribution in [0.5, 0.6) is 0 Å². The van der Waals surface area contributed by atoms with Crippen molar-refractivity contribution in [2.24, 2.45) is 5.73 Å². The minimum absolute atomic E-state index is 0.147. The zero-order valence-corrected chi connectivity index (χ0v) is 10.6. The van der Waals surface area contributed by atoms with Gasteiger partial charge in [-0.15, -0.1) is 0 Å². The molecule has 0 spiro atoms. The van der Waals surface area contributed by atoms with Gasteiger partial charge in [0, 0.05) is 5.02 Å². The quantitative estimate of drug-likeness (QED) is 0.519. The summed E-state index contributed by atoms with van der Waals surface area (Å²) < 4.78 is 17.8. The highest BCUT2D eigenvalue weighted by Crippen LogP contribution is 2.26. The van der Waals surface area contributed by atoms with E-state index in [0.717, 1.165) is 0 Å². The summed E-state index contributed by atoms with van der Waals surface area (Å²) in [5.41, 5.74) is 5.57. The van der Waals surface area contributed by atoms with Crippen molar-refractivity contribution in [3.8, 4) is 0 Å². The van der Waals surface area contributed by atoms with Crippen LogP contribution < -0.4 is 5.73 Å². The second kappa shape index (κ2) is 5.32. The van der Waals surface area contributed by atoms with E-state index in [-0.39, 0.29) is 15.2 Å². The Morgan fingerprint density at radius 2 is 2.25 bits per heavy atom. The Hall–Kier alpha value is -1.07. The van der Waals surface area contributed by atoms with Gasteiger partial charge in [0.2, 0.25) is 0 Å². The molecule has 0 fully saturated rings. The number of hydrogen-bond acceptors (Lipinski definition) is 3. The van der Waals surface area contributed by atoms with Crippen molar-refractivity contribution in [3.63, 3.8) is 0 Å². The number of halogens is 3. The molecule has 0 aliphatic carbocycles. The van der Waals surface area contributed by atoms with Gasteiger partial charge in [0.15, 0.2) is 0 Å². The van der Waals surface area contributed by atoms with Gasteiger partial charge in [-0.25, -0.2) is 9.18 Å². The molecule has 1 aromatic rings. The lowest BCUT2D eigenvalue weighted by Crippen LogP contribution is -2.12. The fourth-order valence-corrected chi connectivity index (χ4v) is 1.69. The van der Waals surface area contributed by atoms with Gasteiger partial charge in [0.1, 0.15) is 11.5 Å². The third kappa shape index (κ3) is 2.96. The molecule has 16 heavy (non-hydrogen) atoms. The van der Waals surface area contributed by atoms with E-state index in [1.54, 1.807) is 0 Å². The second-order valence-electron chi connectivity index (χ2n) is 2.88. The van der Waals surface area contributed by atoms with Crippen LogP contribution in [0.4, 0.5) is 4.39 Å². The second-order valence-corrected chi connectivity index (χ2v) is 4.14. The number of hydrogen-bond donors (Lipinski definition) is 1. The van der Waals surface area contributed by atoms with Crippen LogP contribution in [0.15, 0.2) is 22.3 Å². The van der Waals surface area contributed by atoms with Gasteiger partial charge in [0.05, 0.1) is 11.6 Å². The number of carbonyl (C=O) groups is 1. The zero-order chi connectivity index (χ0) is 12.3. The monoisotopic (exact) mass is 307 g/mol. The highest BCUT2D eigenvalue weighted by atomic mass is 79.9. The van der Waals surface area contributed by atoms with Crippen LogP contribution in [0, 0.1) is 5.82 Å². The first-order valence-electron chi connectivity index (χ1n) is 4.15. The molecule has 86 valence electrons. The Bertz CT molecular complexity index is 462. The number of nitrogens with two attached hydrogens (primary N) is 1. The lowest BCUT2D eigenvalue weighted by molar-refractivity contribution is -0.136. The van der Waals surface area contributed by atoms with Crippen LogP contribution in [0.3, 0.4) is 0 Å². The minimum atomic E-state index is -0.695. The van der Waals surface area contributed by atoms with Crippen molar-refractivity contribution in [1.82, 2.24) is 0 Å². The summed E-state index contributed by atoms with van der Waals surface area (Å²) in [6.07, 6.45) is 1.25. The van der Waals surface area contributed by atoms with E-state index in [0.29, 0.717) is 5.56 Å². The van der Waals surface area contributed by atoms with Gasteiger partial charge in [-0.2, -0.15) is 0 Å². The van der Waals surface area contributed by atoms with Crippen LogP contribution in [0.2, 0.25) is 5.02 Å². The van der Waals surface area contributed by atoms with Crippen molar-refractivity contribution >= 4 is 39.6 Å². The van der Waals surface area contributed by atoms with E-state index in [4.69, 9.17) is 17.3 Å². The number of esters is 1. The van der Waals surface area contributed by atoms with Crippen LogP contribution in [0.1, 0.15) is 5.56 Å². The molecule has 0 atom stereocenters. The number of rotatable bonds is 2. The summed E-state index contributed by atoms with van der Waals surface area (Å²) in [6.45, 7) is 0. The van der Waals surface area contributed by atoms with E-state index in [1.165, 1.54) is 25.3 Å². The largest absolute Gasteiger partial charge is 0.464 e. The Morgan fingerprint density at radius 1 is 1.62 bits per heavy atom. The van der Waals surface area contributed by atoms with Gasteiger partial charge in [-0.1, -0.05) is 11.6 Å². The number of methoxy groups -OCH3 is 1. The lowest BCUT2D eigenvalue weighted by atomic mass is 10.2. The molecule has 2 N–H and O–H groups in total. The Balaban J connectivity index is 3.15. The summed E-state index contributed by atoms with van der Waals surface area (Å²) in [5.74, 6) is -1.19. The number of benzene rings is 1. The minimum Gasteiger partial charge on any atom is -0.464 e. The first-order chi connectivity index (χ1) is 7.45. The maximum atomic E-state index is 13.2. The SMILES string of the molecule is COC(=O)/C(N)=C/c1cc(F)c(Br)cc1Cl. The van der Waals surface area contributed by atoms with Crippen molar-refractivity contribution in [1.29, 1.82) is 0 Å². The van der Waals surface area contributed by atoms with E-state index < -0.39 is 11.8 Å². The highest BCUT2D eigenvalue weighted by molar-refractivity contribution is 9.10.